The molecule has 5 rings (SSSR count). The fraction of sp³-hybridized carbons (Fsp3) is 0.409. The molecule has 0 saturated carbocycles. The van der Waals surface area contributed by atoms with E-state index in [0.29, 0.717) is 19.5 Å². The van der Waals surface area contributed by atoms with Gasteiger partial charge in [0.15, 0.2) is 0 Å². The first-order valence-corrected chi connectivity index (χ1v) is 13.1. The van der Waals surface area contributed by atoms with Gasteiger partial charge in [0.25, 0.3) is 5.91 Å². The summed E-state index contributed by atoms with van der Waals surface area (Å²) in [6.07, 6.45) is 2.35. The number of piperazine rings is 1. The Bertz CT molecular complexity index is 1260. The van der Waals surface area contributed by atoms with Crippen LogP contribution < -0.4 is 5.32 Å². The van der Waals surface area contributed by atoms with Gasteiger partial charge in [-0.15, -0.1) is 11.3 Å². The number of urea groups is 1. The average molecular weight is 486 g/mol. The molecule has 0 radical (unpaired) electrons. The Kier molecular flexibility index (Phi) is 5.49. The smallest absolute Gasteiger partial charge is 0.319 e. The van der Waals surface area contributed by atoms with Crippen molar-refractivity contribution in [3.63, 3.8) is 0 Å². The van der Waals surface area contributed by atoms with E-state index in [1.54, 1.807) is 23.5 Å². The number of amides is 3. The summed E-state index contributed by atoms with van der Waals surface area (Å²) in [5.74, 6) is -0.232. The van der Waals surface area contributed by atoms with E-state index in [9.17, 15) is 23.3 Å². The lowest BCUT2D eigenvalue weighted by molar-refractivity contribution is -0.133. The van der Waals surface area contributed by atoms with Crippen molar-refractivity contribution in [2.24, 2.45) is 0 Å². The summed E-state index contributed by atoms with van der Waals surface area (Å²) in [5.41, 5.74) is 0.0492. The first kappa shape index (κ1) is 22.0. The molecule has 1 aromatic heterocycles. The Hall–Kier alpha value is -2.78. The van der Waals surface area contributed by atoms with Gasteiger partial charge in [0, 0.05) is 36.6 Å². The molecule has 0 unspecified atom stereocenters. The minimum atomic E-state index is -3.80. The van der Waals surface area contributed by atoms with E-state index in [1.165, 1.54) is 21.3 Å². The second kappa shape index (κ2) is 8.22. The summed E-state index contributed by atoms with van der Waals surface area (Å²) < 4.78 is 27.4. The molecular formula is C22H23N5O4S2. The zero-order valence-corrected chi connectivity index (χ0v) is 19.5. The van der Waals surface area contributed by atoms with Crippen molar-refractivity contribution in [1.82, 2.24) is 19.4 Å². The summed E-state index contributed by atoms with van der Waals surface area (Å²) in [7, 11) is -3.80. The molecule has 3 heterocycles. The van der Waals surface area contributed by atoms with Gasteiger partial charge < -0.3 is 5.32 Å². The van der Waals surface area contributed by atoms with Crippen LogP contribution in [-0.4, -0.2) is 67.3 Å². The van der Waals surface area contributed by atoms with Gasteiger partial charge in [-0.2, -0.15) is 9.57 Å². The van der Waals surface area contributed by atoms with Crippen LogP contribution in [0.1, 0.15) is 28.8 Å². The highest BCUT2D eigenvalue weighted by atomic mass is 32.2. The second-order valence-electron chi connectivity index (χ2n) is 8.45. The van der Waals surface area contributed by atoms with Gasteiger partial charge in [0.2, 0.25) is 10.0 Å². The van der Waals surface area contributed by atoms with E-state index in [4.69, 9.17) is 0 Å². The number of hydrogen-bond acceptors (Lipinski definition) is 7. The molecule has 2 fully saturated rings. The van der Waals surface area contributed by atoms with Gasteiger partial charge in [0.05, 0.1) is 17.1 Å². The number of carbonyl (C=O) groups excluding carboxylic acids is 2. The number of rotatable bonds is 4. The van der Waals surface area contributed by atoms with Crippen molar-refractivity contribution < 1.29 is 18.0 Å². The molecule has 1 aromatic carbocycles. The van der Waals surface area contributed by atoms with Crippen molar-refractivity contribution in [1.29, 1.82) is 5.26 Å². The Morgan fingerprint density at radius 1 is 1.12 bits per heavy atom. The summed E-state index contributed by atoms with van der Waals surface area (Å²) >= 11 is 1.61. The van der Waals surface area contributed by atoms with Crippen molar-refractivity contribution in [3.8, 4) is 6.07 Å². The predicted octanol–water partition coefficient (Wildman–Crippen LogP) is 1.67. The average Bonchev–Trinajstić information content (AvgIpc) is 3.40. The lowest BCUT2D eigenvalue weighted by atomic mass is 9.80. The van der Waals surface area contributed by atoms with Crippen LogP contribution in [0.15, 0.2) is 40.6 Å². The molecule has 11 heteroatoms. The second-order valence-corrected chi connectivity index (χ2v) is 11.4. The van der Waals surface area contributed by atoms with Crippen LogP contribution in [0.25, 0.3) is 0 Å². The SMILES string of the molecule is N#Cc1ccccc1S(=O)(=O)N1CCN(CN2C(=O)N[C@]3(CCCc4sccc43)C2=O)CC1. The molecule has 1 aliphatic carbocycles. The maximum atomic E-state index is 13.4. The van der Waals surface area contributed by atoms with Gasteiger partial charge in [-0.3, -0.25) is 9.69 Å². The van der Waals surface area contributed by atoms with Gasteiger partial charge in [-0.05, 0) is 42.8 Å². The van der Waals surface area contributed by atoms with Crippen LogP contribution in [-0.2, 0) is 26.8 Å². The molecule has 172 valence electrons. The van der Waals surface area contributed by atoms with Crippen molar-refractivity contribution in [3.05, 3.63) is 51.7 Å². The van der Waals surface area contributed by atoms with Gasteiger partial charge >= 0.3 is 6.03 Å². The number of hydrogen-bond donors (Lipinski definition) is 1. The third-order valence-electron chi connectivity index (χ3n) is 6.63. The monoisotopic (exact) mass is 485 g/mol. The lowest BCUT2D eigenvalue weighted by Gasteiger charge is -2.36. The van der Waals surface area contributed by atoms with Gasteiger partial charge in [-0.1, -0.05) is 12.1 Å². The molecule has 3 aliphatic rings. The highest BCUT2D eigenvalue weighted by Gasteiger charge is 2.54. The quantitative estimate of drug-likeness (QED) is 0.659. The summed E-state index contributed by atoms with van der Waals surface area (Å²) in [5, 5.41) is 14.2. The first-order valence-electron chi connectivity index (χ1n) is 10.8. The Balaban J connectivity index is 1.27. The molecule has 2 aliphatic heterocycles. The van der Waals surface area contributed by atoms with Crippen LogP contribution >= 0.6 is 11.3 Å². The molecular weight excluding hydrogens is 462 g/mol. The highest BCUT2D eigenvalue weighted by Crippen LogP contribution is 2.42. The molecule has 2 saturated heterocycles. The maximum Gasteiger partial charge on any atom is 0.326 e. The van der Waals surface area contributed by atoms with Crippen molar-refractivity contribution in [2.45, 2.75) is 29.7 Å². The molecule has 0 bridgehead atoms. The third-order valence-corrected chi connectivity index (χ3v) is 9.57. The Labute approximate surface area is 196 Å². The van der Waals surface area contributed by atoms with Crippen LogP contribution in [0.4, 0.5) is 4.79 Å². The molecule has 3 amide bonds. The summed E-state index contributed by atoms with van der Waals surface area (Å²) in [6.45, 7) is 1.30. The minimum absolute atomic E-state index is 0.000792. The number of aryl methyl sites for hydroxylation is 1. The largest absolute Gasteiger partial charge is 0.326 e. The van der Waals surface area contributed by atoms with Gasteiger partial charge in [-0.25, -0.2) is 18.1 Å². The van der Waals surface area contributed by atoms with E-state index in [2.05, 4.69) is 5.32 Å². The maximum absolute atomic E-state index is 13.4. The number of imide groups is 1. The number of nitrogens with one attached hydrogen (secondary N) is 1. The normalized spacial score (nSPS) is 24.0. The number of carbonyl (C=O) groups is 2. The summed E-state index contributed by atoms with van der Waals surface area (Å²) in [6, 6.07) is 9.62. The molecule has 9 nitrogen and oxygen atoms in total. The standard InChI is InChI=1S/C22H23N5O4S2/c23-14-16-4-1-2-6-19(16)33(30,31)26-11-9-25(10-12-26)15-27-20(28)22(24-21(27)29)8-3-5-18-17(22)7-13-32-18/h1-2,4,6-7,13H,3,5,8-12,15H2,(H,24,29)/t22-/m0/s1. The van der Waals surface area contributed by atoms with Gasteiger partial charge in [0.1, 0.15) is 11.6 Å². The number of benzene rings is 1. The number of nitrogens with zero attached hydrogens (tertiary/aromatic N) is 4. The molecule has 1 N–H and O–H groups in total. The molecule has 1 atom stereocenters. The zero-order chi connectivity index (χ0) is 23.2. The van der Waals surface area contributed by atoms with E-state index >= 15 is 0 Å². The Morgan fingerprint density at radius 3 is 2.64 bits per heavy atom. The number of nitriles is 1. The Morgan fingerprint density at radius 2 is 1.88 bits per heavy atom. The van der Waals surface area contributed by atoms with E-state index in [-0.39, 0.29) is 36.1 Å². The molecule has 2 aromatic rings. The highest BCUT2D eigenvalue weighted by molar-refractivity contribution is 7.89. The molecule has 1 spiro atoms. The number of thiophene rings is 1. The predicted molar refractivity (Wildman–Crippen MR) is 121 cm³/mol. The lowest BCUT2D eigenvalue weighted by Crippen LogP contribution is -2.53. The fourth-order valence-electron chi connectivity index (χ4n) is 4.90. The van der Waals surface area contributed by atoms with Crippen LogP contribution in [0.5, 0.6) is 0 Å². The first-order chi connectivity index (χ1) is 15.9. The number of fused-ring (bicyclic) bond motifs is 2. The third kappa shape index (κ3) is 3.54. The van der Waals surface area contributed by atoms with E-state index in [1.807, 2.05) is 22.4 Å². The minimum Gasteiger partial charge on any atom is -0.319 e. The van der Waals surface area contributed by atoms with Crippen LogP contribution in [0.2, 0.25) is 0 Å². The summed E-state index contributed by atoms with van der Waals surface area (Å²) in [4.78, 5) is 30.5. The van der Waals surface area contributed by atoms with Crippen LogP contribution in [0.3, 0.4) is 0 Å². The van der Waals surface area contributed by atoms with E-state index < -0.39 is 21.6 Å². The van der Waals surface area contributed by atoms with Crippen LogP contribution in [0, 0.1) is 11.3 Å². The molecule has 33 heavy (non-hydrogen) atoms. The fourth-order valence-corrected chi connectivity index (χ4v) is 7.47. The van der Waals surface area contributed by atoms with E-state index in [0.717, 1.165) is 23.3 Å². The number of sulfonamides is 1. The topological polar surface area (TPSA) is 114 Å². The zero-order valence-electron chi connectivity index (χ0n) is 17.9. The van der Waals surface area contributed by atoms with Crippen molar-refractivity contribution >= 4 is 33.3 Å². The van der Waals surface area contributed by atoms with Crippen molar-refractivity contribution in [2.75, 3.05) is 32.8 Å².